The summed E-state index contributed by atoms with van der Waals surface area (Å²) in [6, 6.07) is 3.49. The number of H-pyrrole nitrogens is 1. The average molecular weight is 399 g/mol. The zero-order valence-electron chi connectivity index (χ0n) is 13.0. The second-order valence-corrected chi connectivity index (χ2v) is 6.13. The molecular weight excluding hydrogens is 380 g/mol. The number of phenolic OH excluding ortho intramolecular Hbond substituents is 1. The van der Waals surface area contributed by atoms with Crippen molar-refractivity contribution < 1.29 is 9.84 Å². The molecule has 1 aromatic heterocycles. The second kappa shape index (κ2) is 8.26. The number of unbranched alkanes of at least 4 members (excludes halogenated alkanes) is 1. The van der Waals surface area contributed by atoms with Crippen LogP contribution in [0.25, 0.3) is 0 Å². The maximum Gasteiger partial charge on any atom is 0.216 e. The summed E-state index contributed by atoms with van der Waals surface area (Å²) < 4.78 is 8.03. The van der Waals surface area contributed by atoms with Crippen molar-refractivity contribution in [3.8, 4) is 11.5 Å². The fraction of sp³-hybridized carbons (Fsp3) is 0.400. The minimum Gasteiger partial charge on any atom is -0.503 e. The van der Waals surface area contributed by atoms with E-state index < -0.39 is 0 Å². The van der Waals surface area contributed by atoms with E-state index in [2.05, 4.69) is 38.2 Å². The lowest BCUT2D eigenvalue weighted by Gasteiger charge is -2.08. The number of ether oxygens (including phenoxy) is 1. The van der Waals surface area contributed by atoms with Gasteiger partial charge in [0.05, 0.1) is 17.3 Å². The number of halogens is 1. The summed E-state index contributed by atoms with van der Waals surface area (Å²) in [5.74, 6) is 1.29. The second-order valence-electron chi connectivity index (χ2n) is 4.89. The number of hydrogen-bond donors (Lipinski definition) is 2. The number of aryl methyl sites for hydroxylation is 1. The van der Waals surface area contributed by atoms with E-state index >= 15 is 0 Å². The topological polar surface area (TPSA) is 75.4 Å². The van der Waals surface area contributed by atoms with Crippen LogP contribution < -0.4 is 4.74 Å². The molecule has 2 aromatic rings. The molecule has 0 amide bonds. The van der Waals surface area contributed by atoms with Gasteiger partial charge in [0.25, 0.3) is 0 Å². The Morgan fingerprint density at radius 3 is 2.96 bits per heavy atom. The molecule has 23 heavy (non-hydrogen) atoms. The van der Waals surface area contributed by atoms with Gasteiger partial charge in [-0.25, -0.2) is 0 Å². The van der Waals surface area contributed by atoms with E-state index in [0.29, 0.717) is 21.6 Å². The molecule has 2 rings (SSSR count). The van der Waals surface area contributed by atoms with Gasteiger partial charge in [-0.2, -0.15) is 14.9 Å². The molecule has 1 heterocycles. The third-order valence-electron chi connectivity index (χ3n) is 3.14. The zero-order valence-corrected chi connectivity index (χ0v) is 15.4. The Morgan fingerprint density at radius 2 is 2.26 bits per heavy atom. The van der Waals surface area contributed by atoms with Gasteiger partial charge in [-0.05, 0) is 59.2 Å². The van der Waals surface area contributed by atoms with Gasteiger partial charge in [0, 0.05) is 6.42 Å². The molecule has 124 valence electrons. The van der Waals surface area contributed by atoms with Gasteiger partial charge >= 0.3 is 0 Å². The zero-order chi connectivity index (χ0) is 16.8. The number of nitrogens with one attached hydrogen (secondary N) is 1. The Bertz CT molecular complexity index is 754. The molecule has 0 aliphatic heterocycles. The van der Waals surface area contributed by atoms with Gasteiger partial charge in [0.1, 0.15) is 0 Å². The molecule has 0 spiro atoms. The van der Waals surface area contributed by atoms with Gasteiger partial charge in [0.2, 0.25) is 4.77 Å². The first kappa shape index (κ1) is 17.7. The lowest BCUT2D eigenvalue weighted by Crippen LogP contribution is -2.00. The van der Waals surface area contributed by atoms with E-state index in [1.54, 1.807) is 23.0 Å². The minimum atomic E-state index is 0.0764. The number of benzene rings is 1. The Labute approximate surface area is 148 Å². The lowest BCUT2D eigenvalue weighted by molar-refractivity contribution is 0.317. The molecule has 0 atom stereocenters. The van der Waals surface area contributed by atoms with E-state index in [1.807, 2.05) is 6.92 Å². The SMILES string of the molecule is CCCCc1n[nH]c(=S)n1/N=C/c1cc(Br)c(O)c(OCC)c1. The largest absolute Gasteiger partial charge is 0.503 e. The van der Waals surface area contributed by atoms with Gasteiger partial charge in [-0.15, -0.1) is 0 Å². The molecule has 0 fully saturated rings. The van der Waals surface area contributed by atoms with E-state index in [9.17, 15) is 5.11 Å². The van der Waals surface area contributed by atoms with Crippen molar-refractivity contribution in [2.45, 2.75) is 33.1 Å². The molecule has 2 N–H and O–H groups in total. The van der Waals surface area contributed by atoms with Crippen molar-refractivity contribution in [3.05, 3.63) is 32.8 Å². The van der Waals surface area contributed by atoms with Crippen molar-refractivity contribution in [1.82, 2.24) is 14.9 Å². The van der Waals surface area contributed by atoms with Crippen LogP contribution in [0, 0.1) is 4.77 Å². The smallest absolute Gasteiger partial charge is 0.216 e. The number of hydrogen-bond acceptors (Lipinski definition) is 5. The molecule has 6 nitrogen and oxygen atoms in total. The summed E-state index contributed by atoms with van der Waals surface area (Å²) in [4.78, 5) is 0. The number of aromatic nitrogens is 3. The fourth-order valence-electron chi connectivity index (χ4n) is 2.00. The molecule has 0 aliphatic carbocycles. The molecule has 0 unspecified atom stereocenters. The summed E-state index contributed by atoms with van der Waals surface area (Å²) in [5, 5.41) is 21.3. The summed E-state index contributed by atoms with van der Waals surface area (Å²) in [6.07, 6.45) is 4.57. The van der Waals surface area contributed by atoms with Crippen molar-refractivity contribution in [2.24, 2.45) is 5.10 Å². The number of aromatic hydroxyl groups is 1. The third kappa shape index (κ3) is 4.42. The van der Waals surface area contributed by atoms with Crippen LogP contribution >= 0.6 is 28.1 Å². The maximum absolute atomic E-state index is 9.94. The van der Waals surface area contributed by atoms with Crippen LogP contribution in [0.1, 0.15) is 38.1 Å². The third-order valence-corrected chi connectivity index (χ3v) is 4.01. The molecular formula is C15H19BrN4O2S. The highest BCUT2D eigenvalue weighted by atomic mass is 79.9. The van der Waals surface area contributed by atoms with Gasteiger partial charge in [-0.1, -0.05) is 13.3 Å². The first-order valence-corrected chi connectivity index (χ1v) is 8.62. The Hall–Kier alpha value is -1.67. The monoisotopic (exact) mass is 398 g/mol. The van der Waals surface area contributed by atoms with E-state index in [4.69, 9.17) is 17.0 Å². The average Bonchev–Trinajstić information content (AvgIpc) is 2.88. The highest BCUT2D eigenvalue weighted by molar-refractivity contribution is 9.10. The number of aromatic amines is 1. The van der Waals surface area contributed by atoms with Crippen LogP contribution in [0.3, 0.4) is 0 Å². The first-order chi connectivity index (χ1) is 11.1. The quantitative estimate of drug-likeness (QED) is 0.545. The van der Waals surface area contributed by atoms with Crippen LogP contribution in [0.15, 0.2) is 21.7 Å². The molecule has 0 bridgehead atoms. The summed E-state index contributed by atoms with van der Waals surface area (Å²) in [6.45, 7) is 4.45. The van der Waals surface area contributed by atoms with Crippen LogP contribution in [0.4, 0.5) is 0 Å². The Balaban J connectivity index is 2.30. The first-order valence-electron chi connectivity index (χ1n) is 7.42. The summed E-state index contributed by atoms with van der Waals surface area (Å²) in [5.41, 5.74) is 0.780. The molecule has 0 saturated carbocycles. The summed E-state index contributed by atoms with van der Waals surface area (Å²) >= 11 is 8.52. The standard InChI is InChI=1S/C15H19BrN4O2S/c1-3-5-6-13-18-19-15(23)20(13)17-9-10-7-11(16)14(21)12(8-10)22-4-2/h7-9,21H,3-6H2,1-2H3,(H,19,23)/b17-9+. The predicted molar refractivity (Wildman–Crippen MR) is 96.0 cm³/mol. The lowest BCUT2D eigenvalue weighted by atomic mass is 10.2. The molecule has 0 saturated heterocycles. The molecule has 0 radical (unpaired) electrons. The number of phenols is 1. The molecule has 1 aromatic carbocycles. The van der Waals surface area contributed by atoms with E-state index in [1.165, 1.54) is 0 Å². The normalized spacial score (nSPS) is 11.3. The van der Waals surface area contributed by atoms with Gasteiger partial charge in [-0.3, -0.25) is 5.10 Å². The Kier molecular flexibility index (Phi) is 6.35. The van der Waals surface area contributed by atoms with E-state index in [0.717, 1.165) is 30.7 Å². The minimum absolute atomic E-state index is 0.0764. The van der Waals surface area contributed by atoms with Gasteiger partial charge < -0.3 is 9.84 Å². The fourth-order valence-corrected chi connectivity index (χ4v) is 2.66. The van der Waals surface area contributed by atoms with Gasteiger partial charge in [0.15, 0.2) is 17.3 Å². The van der Waals surface area contributed by atoms with Crippen molar-refractivity contribution in [3.63, 3.8) is 0 Å². The van der Waals surface area contributed by atoms with Crippen molar-refractivity contribution in [2.75, 3.05) is 6.61 Å². The maximum atomic E-state index is 9.94. The van der Waals surface area contributed by atoms with Crippen LogP contribution in [-0.2, 0) is 6.42 Å². The summed E-state index contributed by atoms with van der Waals surface area (Å²) in [7, 11) is 0. The molecule has 8 heteroatoms. The van der Waals surface area contributed by atoms with Crippen molar-refractivity contribution >= 4 is 34.4 Å². The highest BCUT2D eigenvalue weighted by Gasteiger charge is 2.09. The molecule has 0 aliphatic rings. The highest BCUT2D eigenvalue weighted by Crippen LogP contribution is 2.35. The van der Waals surface area contributed by atoms with Crippen molar-refractivity contribution in [1.29, 1.82) is 0 Å². The number of nitrogens with zero attached hydrogens (tertiary/aromatic N) is 3. The van der Waals surface area contributed by atoms with E-state index in [-0.39, 0.29) is 5.75 Å². The van der Waals surface area contributed by atoms with Crippen LogP contribution in [-0.4, -0.2) is 32.8 Å². The Morgan fingerprint density at radius 1 is 1.48 bits per heavy atom. The predicted octanol–water partition coefficient (Wildman–Crippen LogP) is 4.03. The van der Waals surface area contributed by atoms with Crippen LogP contribution in [0.2, 0.25) is 0 Å². The van der Waals surface area contributed by atoms with Crippen LogP contribution in [0.5, 0.6) is 11.5 Å². The number of rotatable bonds is 7.